The molecule has 0 aromatic carbocycles. The minimum Gasteiger partial charge on any atom is -0.316 e. The minimum atomic E-state index is -4.37. The predicted molar refractivity (Wildman–Crippen MR) is 59.4 cm³/mol. The van der Waals surface area contributed by atoms with E-state index >= 15 is 0 Å². The van der Waals surface area contributed by atoms with E-state index in [2.05, 4.69) is 15.3 Å². The maximum atomic E-state index is 12.6. The number of nitrogens with zero attached hydrogens (tertiary/aromatic N) is 2. The summed E-state index contributed by atoms with van der Waals surface area (Å²) in [6, 6.07) is 1.97. The number of pyridine rings is 1. The molecule has 3 nitrogen and oxygen atoms in total. The molecule has 0 bridgehead atoms. The van der Waals surface area contributed by atoms with Crippen LogP contribution >= 0.6 is 11.3 Å². The van der Waals surface area contributed by atoms with Crippen molar-refractivity contribution in [1.29, 1.82) is 0 Å². The van der Waals surface area contributed by atoms with Crippen molar-refractivity contribution in [2.75, 3.05) is 5.32 Å². The van der Waals surface area contributed by atoms with Crippen LogP contribution < -0.4 is 5.32 Å². The topological polar surface area (TPSA) is 37.8 Å². The number of thiazole rings is 1. The number of hydrogen-bond acceptors (Lipinski definition) is 4. The van der Waals surface area contributed by atoms with Crippen LogP contribution in [0.5, 0.6) is 0 Å². The number of nitrogens with one attached hydrogen (secondary N) is 1. The van der Waals surface area contributed by atoms with E-state index in [1.165, 1.54) is 18.3 Å². The molecule has 2 heterocycles. The zero-order valence-corrected chi connectivity index (χ0v) is 9.56. The lowest BCUT2D eigenvalue weighted by atomic mass is 10.2. The van der Waals surface area contributed by atoms with Gasteiger partial charge >= 0.3 is 6.18 Å². The molecular formula is C10H8F3N3S. The number of alkyl halides is 3. The van der Waals surface area contributed by atoms with E-state index in [0.29, 0.717) is 10.8 Å². The van der Waals surface area contributed by atoms with Crippen LogP contribution in [0.3, 0.4) is 0 Å². The molecule has 2 rings (SSSR count). The lowest BCUT2D eigenvalue weighted by Gasteiger charge is -2.10. The molecule has 0 aliphatic heterocycles. The Hall–Kier alpha value is -1.63. The van der Waals surface area contributed by atoms with Crippen LogP contribution in [0.4, 0.5) is 24.1 Å². The lowest BCUT2D eigenvalue weighted by Crippen LogP contribution is -2.07. The summed E-state index contributed by atoms with van der Waals surface area (Å²) in [7, 11) is 0. The highest BCUT2D eigenvalue weighted by molar-refractivity contribution is 7.13. The van der Waals surface area contributed by atoms with Gasteiger partial charge in [0.05, 0.1) is 5.56 Å². The van der Waals surface area contributed by atoms with Crippen molar-refractivity contribution in [2.45, 2.75) is 13.1 Å². The Morgan fingerprint density at radius 3 is 2.65 bits per heavy atom. The third-order valence-electron chi connectivity index (χ3n) is 1.95. The van der Waals surface area contributed by atoms with Gasteiger partial charge in [-0.05, 0) is 19.1 Å². The van der Waals surface area contributed by atoms with Crippen molar-refractivity contribution >= 4 is 22.3 Å². The number of hydrogen-bond donors (Lipinski definition) is 1. The fraction of sp³-hybridized carbons (Fsp3) is 0.200. The van der Waals surface area contributed by atoms with E-state index < -0.39 is 11.7 Å². The van der Waals surface area contributed by atoms with E-state index in [1.54, 1.807) is 11.6 Å². The summed E-state index contributed by atoms with van der Waals surface area (Å²) < 4.78 is 37.7. The molecule has 0 amide bonds. The van der Waals surface area contributed by atoms with Gasteiger partial charge in [0.2, 0.25) is 0 Å². The zero-order valence-electron chi connectivity index (χ0n) is 8.75. The summed E-state index contributed by atoms with van der Waals surface area (Å²) in [6.45, 7) is 1.52. The Morgan fingerprint density at radius 1 is 1.29 bits per heavy atom. The van der Waals surface area contributed by atoms with E-state index in [9.17, 15) is 13.2 Å². The minimum absolute atomic E-state index is 0.146. The average molecular weight is 259 g/mol. The largest absolute Gasteiger partial charge is 0.416 e. The van der Waals surface area contributed by atoms with Crippen LogP contribution in [0.25, 0.3) is 0 Å². The Labute approximate surface area is 99.3 Å². The zero-order chi connectivity index (χ0) is 12.5. The number of aryl methyl sites for hydroxylation is 1. The third-order valence-corrected chi connectivity index (χ3v) is 2.64. The first-order valence-corrected chi connectivity index (χ1v) is 5.55. The highest BCUT2D eigenvalue weighted by Gasteiger charge is 2.31. The molecule has 0 radical (unpaired) electrons. The van der Waals surface area contributed by atoms with Gasteiger partial charge in [-0.25, -0.2) is 9.97 Å². The summed E-state index contributed by atoms with van der Waals surface area (Å²) in [5, 5.41) is 4.97. The summed E-state index contributed by atoms with van der Waals surface area (Å²) in [4.78, 5) is 7.90. The Morgan fingerprint density at radius 2 is 2.06 bits per heavy atom. The highest BCUT2D eigenvalue weighted by atomic mass is 32.1. The molecule has 2 aromatic rings. The van der Waals surface area contributed by atoms with Crippen molar-refractivity contribution in [3.05, 3.63) is 35.0 Å². The van der Waals surface area contributed by atoms with E-state index in [4.69, 9.17) is 0 Å². The van der Waals surface area contributed by atoms with Crippen LogP contribution in [-0.4, -0.2) is 9.97 Å². The van der Waals surface area contributed by atoms with Crippen LogP contribution in [0.15, 0.2) is 23.7 Å². The molecule has 0 spiro atoms. The monoisotopic (exact) mass is 259 g/mol. The van der Waals surface area contributed by atoms with Crippen molar-refractivity contribution in [1.82, 2.24) is 9.97 Å². The van der Waals surface area contributed by atoms with Gasteiger partial charge < -0.3 is 5.32 Å². The number of rotatable bonds is 2. The summed E-state index contributed by atoms with van der Waals surface area (Å²) in [5.74, 6) is 0.146. The van der Waals surface area contributed by atoms with Crippen molar-refractivity contribution < 1.29 is 13.2 Å². The summed E-state index contributed by atoms with van der Waals surface area (Å²) in [6.07, 6.45) is -2.81. The molecule has 90 valence electrons. The van der Waals surface area contributed by atoms with E-state index in [-0.39, 0.29) is 5.82 Å². The normalized spacial score (nSPS) is 11.5. The van der Waals surface area contributed by atoms with Gasteiger partial charge in [0, 0.05) is 17.3 Å². The molecule has 0 aliphatic carbocycles. The maximum absolute atomic E-state index is 12.6. The number of anilines is 2. The first-order valence-electron chi connectivity index (χ1n) is 4.67. The van der Waals surface area contributed by atoms with Gasteiger partial charge in [0.25, 0.3) is 0 Å². The second kappa shape index (κ2) is 4.33. The molecule has 2 aromatic heterocycles. The molecule has 7 heteroatoms. The van der Waals surface area contributed by atoms with Gasteiger partial charge in [-0.2, -0.15) is 13.2 Å². The van der Waals surface area contributed by atoms with Gasteiger partial charge in [0.15, 0.2) is 5.13 Å². The van der Waals surface area contributed by atoms with Crippen LogP contribution in [-0.2, 0) is 6.18 Å². The Bertz CT molecular complexity index is 508. The average Bonchev–Trinajstić information content (AvgIpc) is 2.68. The molecule has 1 N–H and O–H groups in total. The number of aromatic nitrogens is 2. The second-order valence-corrected chi connectivity index (χ2v) is 4.24. The highest BCUT2D eigenvalue weighted by Crippen LogP contribution is 2.31. The summed E-state index contributed by atoms with van der Waals surface area (Å²) >= 11 is 1.29. The SMILES string of the molecule is Cc1cc(C(F)(F)F)cc(Nc2nccs2)n1. The first-order chi connectivity index (χ1) is 7.95. The third kappa shape index (κ3) is 2.94. The van der Waals surface area contributed by atoms with Gasteiger partial charge in [0.1, 0.15) is 5.82 Å². The lowest BCUT2D eigenvalue weighted by molar-refractivity contribution is -0.137. The molecule has 0 fully saturated rings. The Kier molecular flexibility index (Phi) is 3.01. The van der Waals surface area contributed by atoms with Crippen molar-refractivity contribution in [2.24, 2.45) is 0 Å². The fourth-order valence-corrected chi connectivity index (χ4v) is 1.83. The van der Waals surface area contributed by atoms with E-state index in [1.807, 2.05) is 0 Å². The molecular weight excluding hydrogens is 251 g/mol. The maximum Gasteiger partial charge on any atom is 0.416 e. The molecule has 0 aliphatic rings. The first kappa shape index (κ1) is 11.8. The predicted octanol–water partition coefficient (Wildman–Crippen LogP) is 3.61. The Balaban J connectivity index is 2.32. The van der Waals surface area contributed by atoms with Crippen LogP contribution in [0.1, 0.15) is 11.3 Å². The molecule has 0 atom stereocenters. The molecule has 0 saturated heterocycles. The van der Waals surface area contributed by atoms with Crippen molar-refractivity contribution in [3.8, 4) is 0 Å². The van der Waals surface area contributed by atoms with Crippen molar-refractivity contribution in [3.63, 3.8) is 0 Å². The van der Waals surface area contributed by atoms with E-state index in [0.717, 1.165) is 12.1 Å². The summed E-state index contributed by atoms with van der Waals surface area (Å²) in [5.41, 5.74) is -0.414. The molecule has 0 unspecified atom stereocenters. The van der Waals surface area contributed by atoms with Gasteiger partial charge in [-0.15, -0.1) is 11.3 Å². The molecule has 0 saturated carbocycles. The second-order valence-electron chi connectivity index (χ2n) is 3.34. The standard InChI is InChI=1S/C10H8F3N3S/c1-6-4-7(10(11,12)13)5-8(15-6)16-9-14-2-3-17-9/h2-5H,1H3,(H,14,15,16). The van der Waals surface area contributed by atoms with Crippen LogP contribution in [0, 0.1) is 6.92 Å². The quantitative estimate of drug-likeness (QED) is 0.895. The van der Waals surface area contributed by atoms with Gasteiger partial charge in [-0.1, -0.05) is 0 Å². The number of halogens is 3. The van der Waals surface area contributed by atoms with Crippen LogP contribution in [0.2, 0.25) is 0 Å². The van der Waals surface area contributed by atoms with Gasteiger partial charge in [-0.3, -0.25) is 0 Å². The molecule has 17 heavy (non-hydrogen) atoms. The smallest absolute Gasteiger partial charge is 0.316 e. The fourth-order valence-electron chi connectivity index (χ4n) is 1.29.